The fourth-order valence-electron chi connectivity index (χ4n) is 2.45. The molecule has 2 saturated heterocycles. The number of rotatable bonds is 4. The molecule has 6 nitrogen and oxygen atoms in total. The Morgan fingerprint density at radius 1 is 1.24 bits per heavy atom. The second kappa shape index (κ2) is 5.01. The number of hydrogen-bond donors (Lipinski definition) is 3. The molecule has 2 heterocycles. The van der Waals surface area contributed by atoms with Crippen LogP contribution in [0.4, 0.5) is 4.79 Å². The first-order valence-corrected chi connectivity index (χ1v) is 6.15. The van der Waals surface area contributed by atoms with E-state index in [-0.39, 0.29) is 18.5 Å². The zero-order chi connectivity index (χ0) is 12.3. The molecule has 0 aromatic rings. The van der Waals surface area contributed by atoms with Gasteiger partial charge in [-0.1, -0.05) is 0 Å². The number of aliphatic hydroxyl groups excluding tert-OH is 1. The summed E-state index contributed by atoms with van der Waals surface area (Å²) in [6, 6.07) is -0.283. The van der Waals surface area contributed by atoms with Crippen molar-refractivity contribution in [1.29, 1.82) is 0 Å². The molecular formula is C11H19N3O3. The van der Waals surface area contributed by atoms with E-state index in [1.54, 1.807) is 0 Å². The summed E-state index contributed by atoms with van der Waals surface area (Å²) in [5.74, 6) is -0.0954. The summed E-state index contributed by atoms with van der Waals surface area (Å²) in [5.41, 5.74) is -0.665. The van der Waals surface area contributed by atoms with Crippen LogP contribution < -0.4 is 10.6 Å². The van der Waals surface area contributed by atoms with Gasteiger partial charge < -0.3 is 15.7 Å². The minimum absolute atomic E-state index is 0.0954. The Morgan fingerprint density at radius 2 is 1.94 bits per heavy atom. The number of amides is 3. The molecule has 0 aromatic heterocycles. The topological polar surface area (TPSA) is 81.7 Å². The molecule has 0 radical (unpaired) electrons. The van der Waals surface area contributed by atoms with Crippen LogP contribution in [0.3, 0.4) is 0 Å². The zero-order valence-electron chi connectivity index (χ0n) is 9.87. The standard InChI is InChI=1S/C11H19N3O3/c15-8-2-1-7-14-9(16)11(13-10(14)17)3-5-12-6-4-11/h12,15H,1-8H2,(H,13,17). The quantitative estimate of drug-likeness (QED) is 0.455. The van der Waals surface area contributed by atoms with E-state index in [0.29, 0.717) is 32.2 Å². The number of carbonyl (C=O) groups excluding carboxylic acids is 2. The van der Waals surface area contributed by atoms with Gasteiger partial charge in [0.1, 0.15) is 5.54 Å². The van der Waals surface area contributed by atoms with Crippen LogP contribution in [0, 0.1) is 0 Å². The molecule has 0 unspecified atom stereocenters. The van der Waals surface area contributed by atoms with Crippen molar-refractivity contribution >= 4 is 11.9 Å². The van der Waals surface area contributed by atoms with E-state index in [2.05, 4.69) is 10.6 Å². The molecule has 0 atom stereocenters. The molecule has 3 amide bonds. The van der Waals surface area contributed by atoms with Crippen LogP contribution >= 0.6 is 0 Å². The minimum Gasteiger partial charge on any atom is -0.396 e. The second-order valence-electron chi connectivity index (χ2n) is 4.65. The summed E-state index contributed by atoms with van der Waals surface area (Å²) in [7, 11) is 0. The summed E-state index contributed by atoms with van der Waals surface area (Å²) < 4.78 is 0. The highest BCUT2D eigenvalue weighted by Gasteiger charge is 2.50. The van der Waals surface area contributed by atoms with Crippen LogP contribution in [0.5, 0.6) is 0 Å². The summed E-state index contributed by atoms with van der Waals surface area (Å²) in [6.07, 6.45) is 2.59. The molecule has 2 aliphatic heterocycles. The Balaban J connectivity index is 2.00. The van der Waals surface area contributed by atoms with E-state index < -0.39 is 5.54 Å². The molecule has 2 rings (SSSR count). The van der Waals surface area contributed by atoms with Crippen molar-refractivity contribution < 1.29 is 14.7 Å². The van der Waals surface area contributed by atoms with Crippen molar-refractivity contribution in [2.24, 2.45) is 0 Å². The number of nitrogens with one attached hydrogen (secondary N) is 2. The maximum absolute atomic E-state index is 12.2. The summed E-state index contributed by atoms with van der Waals surface area (Å²) in [4.78, 5) is 25.3. The lowest BCUT2D eigenvalue weighted by atomic mass is 9.88. The summed E-state index contributed by atoms with van der Waals surface area (Å²) in [6.45, 7) is 2.02. The van der Waals surface area contributed by atoms with E-state index in [1.807, 2.05) is 0 Å². The normalized spacial score (nSPS) is 23.2. The van der Waals surface area contributed by atoms with Crippen molar-refractivity contribution in [3.63, 3.8) is 0 Å². The van der Waals surface area contributed by atoms with Crippen molar-refractivity contribution in [1.82, 2.24) is 15.5 Å². The fourth-order valence-corrected chi connectivity index (χ4v) is 2.45. The van der Waals surface area contributed by atoms with Gasteiger partial charge in [-0.05, 0) is 38.8 Å². The van der Waals surface area contributed by atoms with Gasteiger partial charge in [0.15, 0.2) is 0 Å². The molecule has 96 valence electrons. The Hall–Kier alpha value is -1.14. The first kappa shape index (κ1) is 12.3. The number of nitrogens with zero attached hydrogens (tertiary/aromatic N) is 1. The van der Waals surface area contributed by atoms with Crippen molar-refractivity contribution in [2.75, 3.05) is 26.2 Å². The predicted octanol–water partition coefficient (Wildman–Crippen LogP) is -0.567. The summed E-state index contributed by atoms with van der Waals surface area (Å²) in [5, 5.41) is 14.7. The third kappa shape index (κ3) is 2.28. The number of imide groups is 1. The van der Waals surface area contributed by atoms with Gasteiger partial charge in [0, 0.05) is 13.2 Å². The van der Waals surface area contributed by atoms with Gasteiger partial charge in [-0.3, -0.25) is 9.69 Å². The molecule has 1 spiro atoms. The Morgan fingerprint density at radius 3 is 2.59 bits per heavy atom. The number of piperidine rings is 1. The minimum atomic E-state index is -0.665. The Bertz CT molecular complexity index is 313. The van der Waals surface area contributed by atoms with Crippen molar-refractivity contribution in [2.45, 2.75) is 31.2 Å². The fraction of sp³-hybridized carbons (Fsp3) is 0.818. The molecule has 0 aliphatic carbocycles. The average Bonchev–Trinajstić information content (AvgIpc) is 2.55. The van der Waals surface area contributed by atoms with Crippen LogP contribution in [0.25, 0.3) is 0 Å². The average molecular weight is 241 g/mol. The Labute approximate surface area is 100 Å². The zero-order valence-corrected chi connectivity index (χ0v) is 9.87. The number of aliphatic hydroxyl groups is 1. The van der Waals surface area contributed by atoms with Crippen LogP contribution in [0.2, 0.25) is 0 Å². The third-order valence-electron chi connectivity index (χ3n) is 3.49. The van der Waals surface area contributed by atoms with Crippen molar-refractivity contribution in [3.05, 3.63) is 0 Å². The molecule has 0 bridgehead atoms. The van der Waals surface area contributed by atoms with E-state index >= 15 is 0 Å². The highest BCUT2D eigenvalue weighted by molar-refractivity contribution is 6.07. The number of unbranched alkanes of at least 4 members (excludes halogenated alkanes) is 1. The predicted molar refractivity (Wildman–Crippen MR) is 61.4 cm³/mol. The second-order valence-corrected chi connectivity index (χ2v) is 4.65. The molecule has 17 heavy (non-hydrogen) atoms. The van der Waals surface area contributed by atoms with E-state index in [0.717, 1.165) is 13.1 Å². The molecule has 3 N–H and O–H groups in total. The van der Waals surface area contributed by atoms with Gasteiger partial charge in [0.2, 0.25) is 0 Å². The van der Waals surface area contributed by atoms with E-state index in [9.17, 15) is 9.59 Å². The maximum Gasteiger partial charge on any atom is 0.325 e. The third-order valence-corrected chi connectivity index (χ3v) is 3.49. The van der Waals surface area contributed by atoms with E-state index in [4.69, 9.17) is 5.11 Å². The largest absolute Gasteiger partial charge is 0.396 e. The SMILES string of the molecule is O=C1NC2(CCNCC2)C(=O)N1CCCCO. The highest BCUT2D eigenvalue weighted by Crippen LogP contribution is 2.26. The van der Waals surface area contributed by atoms with E-state index in [1.165, 1.54) is 4.90 Å². The summed E-state index contributed by atoms with van der Waals surface area (Å²) >= 11 is 0. The number of hydrogen-bond acceptors (Lipinski definition) is 4. The molecule has 2 fully saturated rings. The lowest BCUT2D eigenvalue weighted by molar-refractivity contribution is -0.132. The van der Waals surface area contributed by atoms with Gasteiger partial charge in [-0.2, -0.15) is 0 Å². The van der Waals surface area contributed by atoms with Crippen LogP contribution in [0.1, 0.15) is 25.7 Å². The lowest BCUT2D eigenvalue weighted by Crippen LogP contribution is -2.53. The van der Waals surface area contributed by atoms with Gasteiger partial charge in [0.25, 0.3) is 5.91 Å². The monoisotopic (exact) mass is 241 g/mol. The van der Waals surface area contributed by atoms with Crippen molar-refractivity contribution in [3.8, 4) is 0 Å². The Kier molecular flexibility index (Phi) is 3.63. The van der Waals surface area contributed by atoms with Gasteiger partial charge in [-0.15, -0.1) is 0 Å². The molecule has 0 aromatic carbocycles. The maximum atomic E-state index is 12.2. The van der Waals surface area contributed by atoms with Gasteiger partial charge >= 0.3 is 6.03 Å². The molecular weight excluding hydrogens is 222 g/mol. The van der Waals surface area contributed by atoms with Crippen LogP contribution in [-0.2, 0) is 4.79 Å². The molecule has 2 aliphatic rings. The first-order valence-electron chi connectivity index (χ1n) is 6.15. The highest BCUT2D eigenvalue weighted by atomic mass is 16.3. The van der Waals surface area contributed by atoms with Crippen LogP contribution in [-0.4, -0.2) is 53.7 Å². The molecule has 0 saturated carbocycles. The number of carbonyl (C=O) groups is 2. The van der Waals surface area contributed by atoms with Gasteiger partial charge in [0.05, 0.1) is 0 Å². The van der Waals surface area contributed by atoms with Gasteiger partial charge in [-0.25, -0.2) is 4.79 Å². The smallest absolute Gasteiger partial charge is 0.325 e. The first-order chi connectivity index (χ1) is 8.19. The van der Waals surface area contributed by atoms with Crippen LogP contribution in [0.15, 0.2) is 0 Å². The lowest BCUT2D eigenvalue weighted by Gasteiger charge is -2.31. The molecule has 6 heteroatoms. The number of urea groups is 1.